The number of fused-ring (bicyclic) bond motifs is 1. The minimum Gasteiger partial charge on any atom is -0.465 e. The first-order chi connectivity index (χ1) is 14.9. The number of carbonyl (C=O) groups excluding carboxylic acids is 2. The van der Waals surface area contributed by atoms with Crippen LogP contribution < -0.4 is 5.32 Å². The molecule has 0 saturated heterocycles. The monoisotopic (exact) mass is 430 g/mol. The van der Waals surface area contributed by atoms with E-state index in [1.54, 1.807) is 6.07 Å². The van der Waals surface area contributed by atoms with Crippen molar-refractivity contribution in [1.29, 1.82) is 0 Å². The Labute approximate surface area is 184 Å². The second kappa shape index (κ2) is 8.32. The van der Waals surface area contributed by atoms with Crippen LogP contribution in [0.1, 0.15) is 36.7 Å². The summed E-state index contributed by atoms with van der Waals surface area (Å²) in [5, 5.41) is 4.18. The number of carbonyl (C=O) groups is 2. The minimum absolute atomic E-state index is 0.293. The van der Waals surface area contributed by atoms with Crippen LogP contribution in [-0.4, -0.2) is 24.0 Å². The van der Waals surface area contributed by atoms with E-state index < -0.39 is 5.97 Å². The third-order valence-electron chi connectivity index (χ3n) is 5.28. The largest absolute Gasteiger partial charge is 0.465 e. The van der Waals surface area contributed by atoms with Gasteiger partial charge in [-0.25, -0.2) is 9.78 Å². The van der Waals surface area contributed by atoms with Gasteiger partial charge in [0.2, 0.25) is 0 Å². The highest BCUT2D eigenvalue weighted by Crippen LogP contribution is 2.34. The maximum atomic E-state index is 13.4. The van der Waals surface area contributed by atoms with Crippen molar-refractivity contribution in [2.45, 2.75) is 20.8 Å². The lowest BCUT2D eigenvalue weighted by atomic mass is 10.0. The van der Waals surface area contributed by atoms with Crippen LogP contribution >= 0.6 is 11.3 Å². The van der Waals surface area contributed by atoms with Gasteiger partial charge in [-0.2, -0.15) is 0 Å². The summed E-state index contributed by atoms with van der Waals surface area (Å²) in [6, 6.07) is 17.4. The minimum atomic E-state index is -0.461. The lowest BCUT2D eigenvalue weighted by Gasteiger charge is -2.11. The van der Waals surface area contributed by atoms with Crippen LogP contribution in [0.3, 0.4) is 0 Å². The number of nitrogens with one attached hydrogen (secondary N) is 1. The van der Waals surface area contributed by atoms with Crippen molar-refractivity contribution in [3.63, 3.8) is 0 Å². The number of aryl methyl sites for hydroxylation is 2. The second-order valence-electron chi connectivity index (χ2n) is 7.37. The van der Waals surface area contributed by atoms with Crippen LogP contribution in [-0.2, 0) is 4.74 Å². The smallest absolute Gasteiger partial charge is 0.341 e. The molecule has 0 aliphatic heterocycles. The number of aromatic nitrogens is 1. The number of esters is 1. The molecule has 0 aliphatic rings. The first kappa shape index (κ1) is 20.8. The summed E-state index contributed by atoms with van der Waals surface area (Å²) < 4.78 is 4.92. The van der Waals surface area contributed by atoms with Crippen molar-refractivity contribution in [2.24, 2.45) is 0 Å². The number of thiophene rings is 1. The van der Waals surface area contributed by atoms with Crippen molar-refractivity contribution in [2.75, 3.05) is 12.4 Å². The Balaban J connectivity index is 1.82. The number of benzene rings is 2. The molecule has 2 heterocycles. The lowest BCUT2D eigenvalue weighted by molar-refractivity contribution is 0.0601. The molecule has 0 aliphatic carbocycles. The maximum absolute atomic E-state index is 13.4. The number of nitrogens with zero attached hydrogens (tertiary/aromatic N) is 1. The molecule has 0 saturated carbocycles. The van der Waals surface area contributed by atoms with Crippen LogP contribution in [0.4, 0.5) is 5.00 Å². The number of ether oxygens (including phenoxy) is 1. The molecule has 0 spiro atoms. The van der Waals surface area contributed by atoms with Gasteiger partial charge < -0.3 is 10.1 Å². The molecular weight excluding hydrogens is 408 g/mol. The van der Waals surface area contributed by atoms with Gasteiger partial charge in [-0.3, -0.25) is 4.79 Å². The van der Waals surface area contributed by atoms with Crippen molar-refractivity contribution < 1.29 is 14.3 Å². The molecule has 0 unspecified atom stereocenters. The van der Waals surface area contributed by atoms with Crippen LogP contribution in [0, 0.1) is 20.8 Å². The zero-order valence-corrected chi connectivity index (χ0v) is 18.6. The highest BCUT2D eigenvalue weighted by Gasteiger charge is 2.23. The summed E-state index contributed by atoms with van der Waals surface area (Å²) in [7, 11) is 1.34. The topological polar surface area (TPSA) is 68.3 Å². The van der Waals surface area contributed by atoms with Crippen molar-refractivity contribution in [3.8, 4) is 11.3 Å². The van der Waals surface area contributed by atoms with Crippen LogP contribution in [0.5, 0.6) is 0 Å². The number of rotatable bonds is 4. The summed E-state index contributed by atoms with van der Waals surface area (Å²) in [6.07, 6.45) is 0. The van der Waals surface area contributed by atoms with Crippen molar-refractivity contribution >= 4 is 39.1 Å². The zero-order valence-electron chi connectivity index (χ0n) is 17.8. The van der Waals surface area contributed by atoms with Gasteiger partial charge >= 0.3 is 5.97 Å². The molecule has 0 fully saturated rings. The van der Waals surface area contributed by atoms with Gasteiger partial charge in [-0.05, 0) is 44.5 Å². The number of anilines is 1. The normalized spacial score (nSPS) is 10.8. The predicted octanol–water partition coefficient (Wildman–Crippen LogP) is 5.93. The summed E-state index contributed by atoms with van der Waals surface area (Å²) >= 11 is 1.37. The number of methoxy groups -OCH3 is 1. The molecule has 0 radical (unpaired) electrons. The van der Waals surface area contributed by atoms with Gasteiger partial charge in [0.15, 0.2) is 0 Å². The average molecular weight is 431 g/mol. The number of para-hydroxylation sites is 1. The van der Waals surface area contributed by atoms with Crippen LogP contribution in [0.2, 0.25) is 0 Å². The Morgan fingerprint density at radius 3 is 2.52 bits per heavy atom. The van der Waals surface area contributed by atoms with E-state index in [0.29, 0.717) is 16.1 Å². The van der Waals surface area contributed by atoms with Crippen molar-refractivity contribution in [1.82, 2.24) is 4.98 Å². The molecule has 31 heavy (non-hydrogen) atoms. The third kappa shape index (κ3) is 3.94. The first-order valence-electron chi connectivity index (χ1n) is 9.85. The van der Waals surface area contributed by atoms with Crippen molar-refractivity contribution in [3.05, 3.63) is 81.7 Å². The quantitative estimate of drug-likeness (QED) is 0.408. The fourth-order valence-corrected chi connectivity index (χ4v) is 4.59. The standard InChI is InChI=1S/C25H22N2O3S/c1-14-8-7-9-17(12-14)21-13-19(18-10-5-6-11-20(18)26-21)23(28)27-24-22(25(29)30-4)15(2)16(3)31-24/h5-13H,1-4H3,(H,27,28). The summed E-state index contributed by atoms with van der Waals surface area (Å²) in [5.74, 6) is -0.754. The molecule has 5 nitrogen and oxygen atoms in total. The Morgan fingerprint density at radius 2 is 1.77 bits per heavy atom. The van der Waals surface area contributed by atoms with Crippen LogP contribution in [0.25, 0.3) is 22.2 Å². The molecule has 2 aromatic carbocycles. The Bertz CT molecular complexity index is 1320. The van der Waals surface area contributed by atoms with Gasteiger partial charge in [0, 0.05) is 15.8 Å². The van der Waals surface area contributed by atoms with E-state index in [1.165, 1.54) is 18.4 Å². The van der Waals surface area contributed by atoms with E-state index in [1.807, 2.05) is 69.3 Å². The second-order valence-corrected chi connectivity index (χ2v) is 8.60. The van der Waals surface area contributed by atoms with Gasteiger partial charge in [-0.15, -0.1) is 11.3 Å². The highest BCUT2D eigenvalue weighted by molar-refractivity contribution is 7.16. The van der Waals surface area contributed by atoms with E-state index >= 15 is 0 Å². The molecule has 0 bridgehead atoms. The molecule has 2 aromatic heterocycles. The van der Waals surface area contributed by atoms with Gasteiger partial charge in [-0.1, -0.05) is 42.0 Å². The fraction of sp³-hybridized carbons (Fsp3) is 0.160. The molecule has 1 amide bonds. The number of hydrogen-bond acceptors (Lipinski definition) is 5. The number of hydrogen-bond donors (Lipinski definition) is 1. The maximum Gasteiger partial charge on any atom is 0.341 e. The average Bonchev–Trinajstić information content (AvgIpc) is 3.05. The lowest BCUT2D eigenvalue weighted by Crippen LogP contribution is -2.15. The van der Waals surface area contributed by atoms with Gasteiger partial charge in [0.1, 0.15) is 5.00 Å². The first-order valence-corrected chi connectivity index (χ1v) is 10.7. The fourth-order valence-electron chi connectivity index (χ4n) is 3.55. The summed E-state index contributed by atoms with van der Waals surface area (Å²) in [5.41, 5.74) is 5.23. The zero-order chi connectivity index (χ0) is 22.1. The number of amides is 1. The molecule has 1 N–H and O–H groups in total. The van der Waals surface area contributed by atoms with E-state index in [4.69, 9.17) is 9.72 Å². The molecule has 0 atom stereocenters. The Kier molecular flexibility index (Phi) is 5.57. The highest BCUT2D eigenvalue weighted by atomic mass is 32.1. The van der Waals surface area contributed by atoms with E-state index in [0.717, 1.165) is 38.2 Å². The molecule has 156 valence electrons. The van der Waals surface area contributed by atoms with E-state index in [9.17, 15) is 9.59 Å². The Hall–Kier alpha value is -3.51. The number of pyridine rings is 1. The summed E-state index contributed by atoms with van der Waals surface area (Å²) in [4.78, 5) is 31.4. The van der Waals surface area contributed by atoms with E-state index in [-0.39, 0.29) is 5.91 Å². The predicted molar refractivity (Wildman–Crippen MR) is 125 cm³/mol. The molecule has 4 rings (SSSR count). The third-order valence-corrected chi connectivity index (χ3v) is 6.40. The Morgan fingerprint density at radius 1 is 1.00 bits per heavy atom. The summed E-state index contributed by atoms with van der Waals surface area (Å²) in [6.45, 7) is 5.79. The van der Waals surface area contributed by atoms with Gasteiger partial charge in [0.05, 0.1) is 29.4 Å². The van der Waals surface area contributed by atoms with Gasteiger partial charge in [0.25, 0.3) is 5.91 Å². The van der Waals surface area contributed by atoms with E-state index in [2.05, 4.69) is 5.32 Å². The molecule has 6 heteroatoms. The molecular formula is C25H22N2O3S. The molecule has 4 aromatic rings. The van der Waals surface area contributed by atoms with Crippen LogP contribution in [0.15, 0.2) is 54.6 Å². The SMILES string of the molecule is COC(=O)c1c(NC(=O)c2cc(-c3cccc(C)c3)nc3ccccc23)sc(C)c1C.